The molecule has 0 unspecified atom stereocenters. The van der Waals surface area contributed by atoms with Crippen molar-refractivity contribution >= 4 is 10.8 Å². The molecule has 0 fully saturated rings. The standard InChI is InChI=1S/C19H16O2S/c1-3-19(20,4-2)15-22(21)18(16-11-7-5-8-12-16)17-13-9-6-10-14-17/h1-2,5-14,18,20H,15H2/t22-/m0/s1. The van der Waals surface area contributed by atoms with Crippen LogP contribution in [0.25, 0.3) is 0 Å². The van der Waals surface area contributed by atoms with Gasteiger partial charge in [-0.2, -0.15) is 0 Å². The van der Waals surface area contributed by atoms with Crippen LogP contribution in [0.3, 0.4) is 0 Å². The van der Waals surface area contributed by atoms with Crippen molar-refractivity contribution < 1.29 is 9.32 Å². The maximum atomic E-state index is 12.8. The first-order chi connectivity index (χ1) is 10.6. The van der Waals surface area contributed by atoms with Crippen LogP contribution in [-0.4, -0.2) is 20.7 Å². The molecule has 0 bridgehead atoms. The van der Waals surface area contributed by atoms with E-state index in [0.717, 1.165) is 11.1 Å². The van der Waals surface area contributed by atoms with E-state index in [0.29, 0.717) is 0 Å². The van der Waals surface area contributed by atoms with Crippen molar-refractivity contribution in [2.45, 2.75) is 10.9 Å². The summed E-state index contributed by atoms with van der Waals surface area (Å²) in [6.45, 7) is 0. The number of benzene rings is 2. The second kappa shape index (κ2) is 7.09. The van der Waals surface area contributed by atoms with E-state index in [1.165, 1.54) is 0 Å². The predicted octanol–water partition coefficient (Wildman–Crippen LogP) is 2.52. The average Bonchev–Trinajstić information content (AvgIpc) is 2.57. The van der Waals surface area contributed by atoms with E-state index in [1.54, 1.807) is 0 Å². The molecule has 1 N–H and O–H groups in total. The second-order valence-electron chi connectivity index (χ2n) is 4.88. The van der Waals surface area contributed by atoms with Crippen molar-refractivity contribution in [3.8, 4) is 24.7 Å². The minimum absolute atomic E-state index is 0.172. The van der Waals surface area contributed by atoms with Crippen LogP contribution in [0.15, 0.2) is 60.7 Å². The molecule has 0 aromatic heterocycles. The molecule has 3 heteroatoms. The number of rotatable bonds is 5. The van der Waals surface area contributed by atoms with Crippen molar-refractivity contribution in [2.75, 3.05) is 5.75 Å². The van der Waals surface area contributed by atoms with E-state index in [1.807, 2.05) is 60.7 Å². The SMILES string of the molecule is C#CC(O)(C#C)C[S@](=O)C(c1ccccc1)c1ccccc1. The zero-order valence-electron chi connectivity index (χ0n) is 12.0. The lowest BCUT2D eigenvalue weighted by Gasteiger charge is -2.21. The fraction of sp³-hybridized carbons (Fsp3) is 0.158. The molecule has 0 aliphatic heterocycles. The zero-order valence-corrected chi connectivity index (χ0v) is 12.8. The molecule has 22 heavy (non-hydrogen) atoms. The fourth-order valence-electron chi connectivity index (χ4n) is 2.17. The molecule has 0 saturated carbocycles. The monoisotopic (exact) mass is 308 g/mol. The van der Waals surface area contributed by atoms with Gasteiger partial charge in [0, 0.05) is 10.8 Å². The molecular formula is C19H16O2S. The molecule has 0 radical (unpaired) electrons. The van der Waals surface area contributed by atoms with Gasteiger partial charge in [0.05, 0.1) is 11.0 Å². The van der Waals surface area contributed by atoms with Gasteiger partial charge >= 0.3 is 0 Å². The number of aliphatic hydroxyl groups is 1. The summed E-state index contributed by atoms with van der Waals surface area (Å²) >= 11 is 0. The highest BCUT2D eigenvalue weighted by atomic mass is 32.2. The lowest BCUT2D eigenvalue weighted by atomic mass is 10.0. The van der Waals surface area contributed by atoms with E-state index < -0.39 is 21.7 Å². The minimum Gasteiger partial charge on any atom is -0.366 e. The highest BCUT2D eigenvalue weighted by Crippen LogP contribution is 2.29. The van der Waals surface area contributed by atoms with Crippen LogP contribution in [0.2, 0.25) is 0 Å². The number of hydrogen-bond donors (Lipinski definition) is 1. The van der Waals surface area contributed by atoms with Gasteiger partial charge in [-0.05, 0) is 11.1 Å². The molecule has 2 aromatic rings. The van der Waals surface area contributed by atoms with Crippen LogP contribution in [0, 0.1) is 24.7 Å². The van der Waals surface area contributed by atoms with Gasteiger partial charge in [-0.15, -0.1) is 12.8 Å². The van der Waals surface area contributed by atoms with Crippen molar-refractivity contribution in [1.82, 2.24) is 0 Å². The summed E-state index contributed by atoms with van der Waals surface area (Å²) in [5.41, 5.74) is -0.0148. The van der Waals surface area contributed by atoms with Gasteiger partial charge in [-0.25, -0.2) is 0 Å². The van der Waals surface area contributed by atoms with E-state index in [4.69, 9.17) is 12.8 Å². The Morgan fingerprint density at radius 2 is 1.36 bits per heavy atom. The molecular weight excluding hydrogens is 292 g/mol. The lowest BCUT2D eigenvalue weighted by molar-refractivity contribution is 0.188. The summed E-state index contributed by atoms with van der Waals surface area (Å²) in [6, 6.07) is 18.9. The zero-order chi connectivity index (χ0) is 16.0. The van der Waals surface area contributed by atoms with Gasteiger partial charge in [-0.3, -0.25) is 4.21 Å². The Morgan fingerprint density at radius 1 is 0.955 bits per heavy atom. The fourth-order valence-corrected chi connectivity index (χ4v) is 3.83. The van der Waals surface area contributed by atoms with Gasteiger partial charge in [-0.1, -0.05) is 72.5 Å². The van der Waals surface area contributed by atoms with Crippen LogP contribution < -0.4 is 0 Å². The maximum Gasteiger partial charge on any atom is 0.198 e. The van der Waals surface area contributed by atoms with Crippen molar-refractivity contribution in [3.63, 3.8) is 0 Å². The summed E-state index contributed by atoms with van der Waals surface area (Å²) in [7, 11) is -1.46. The molecule has 0 heterocycles. The van der Waals surface area contributed by atoms with E-state index >= 15 is 0 Å². The Bertz CT molecular complexity index is 670. The summed E-state index contributed by atoms with van der Waals surface area (Å²) in [5.74, 6) is 4.11. The molecule has 2 aromatic carbocycles. The molecule has 110 valence electrons. The molecule has 1 atom stereocenters. The minimum atomic E-state index is -1.80. The average molecular weight is 308 g/mol. The van der Waals surface area contributed by atoms with Crippen LogP contribution in [-0.2, 0) is 10.8 Å². The summed E-state index contributed by atoms with van der Waals surface area (Å²) in [4.78, 5) is 0. The highest BCUT2D eigenvalue weighted by Gasteiger charge is 2.30. The first-order valence-electron chi connectivity index (χ1n) is 6.74. The van der Waals surface area contributed by atoms with E-state index in [2.05, 4.69) is 11.8 Å². The molecule has 0 aliphatic carbocycles. The Morgan fingerprint density at radius 3 is 1.73 bits per heavy atom. The molecule has 2 rings (SSSR count). The van der Waals surface area contributed by atoms with Gasteiger partial charge < -0.3 is 5.11 Å². The van der Waals surface area contributed by atoms with Gasteiger partial charge in [0.1, 0.15) is 0 Å². The third-order valence-electron chi connectivity index (χ3n) is 3.30. The smallest absolute Gasteiger partial charge is 0.198 e. The predicted molar refractivity (Wildman–Crippen MR) is 90.4 cm³/mol. The molecule has 2 nitrogen and oxygen atoms in total. The van der Waals surface area contributed by atoms with Crippen molar-refractivity contribution in [3.05, 3.63) is 71.8 Å². The van der Waals surface area contributed by atoms with Crippen LogP contribution in [0.1, 0.15) is 16.4 Å². The quantitative estimate of drug-likeness (QED) is 0.862. The molecule has 0 aliphatic rings. The van der Waals surface area contributed by atoms with Crippen LogP contribution in [0.5, 0.6) is 0 Å². The second-order valence-corrected chi connectivity index (χ2v) is 6.40. The first kappa shape index (κ1) is 16.0. The summed E-state index contributed by atoms with van der Waals surface area (Å²) in [6.07, 6.45) is 10.5. The van der Waals surface area contributed by atoms with Crippen LogP contribution >= 0.6 is 0 Å². The largest absolute Gasteiger partial charge is 0.366 e. The third kappa shape index (κ3) is 3.65. The summed E-state index contributed by atoms with van der Waals surface area (Å²) < 4.78 is 12.8. The molecule has 0 saturated heterocycles. The highest BCUT2D eigenvalue weighted by molar-refractivity contribution is 7.85. The Labute approximate surface area is 133 Å². The number of hydrogen-bond acceptors (Lipinski definition) is 2. The Hall–Kier alpha value is -2.33. The van der Waals surface area contributed by atoms with Crippen molar-refractivity contribution in [2.24, 2.45) is 0 Å². The van der Waals surface area contributed by atoms with Crippen LogP contribution in [0.4, 0.5) is 0 Å². The number of terminal acetylenes is 2. The summed E-state index contributed by atoms with van der Waals surface area (Å²) in [5, 5.41) is 9.68. The Kier molecular flexibility index (Phi) is 5.17. The normalized spacial score (nSPS) is 12.4. The van der Waals surface area contributed by atoms with Gasteiger partial charge in [0.2, 0.25) is 0 Å². The third-order valence-corrected chi connectivity index (χ3v) is 5.07. The molecule has 0 spiro atoms. The lowest BCUT2D eigenvalue weighted by Crippen LogP contribution is -2.33. The van der Waals surface area contributed by atoms with Crippen molar-refractivity contribution in [1.29, 1.82) is 0 Å². The maximum absolute atomic E-state index is 12.8. The Balaban J connectivity index is 2.41. The topological polar surface area (TPSA) is 37.3 Å². The van der Waals surface area contributed by atoms with E-state index in [-0.39, 0.29) is 5.75 Å². The van der Waals surface area contributed by atoms with E-state index in [9.17, 15) is 9.32 Å². The first-order valence-corrected chi connectivity index (χ1v) is 8.13. The van der Waals surface area contributed by atoms with Gasteiger partial charge in [0.25, 0.3) is 0 Å². The van der Waals surface area contributed by atoms with Gasteiger partial charge in [0.15, 0.2) is 5.60 Å². The molecule has 0 amide bonds.